The first-order valence-electron chi connectivity index (χ1n) is 6.56. The van der Waals surface area contributed by atoms with Gasteiger partial charge in [0.1, 0.15) is 6.29 Å². The van der Waals surface area contributed by atoms with Gasteiger partial charge in [-0.25, -0.2) is 0 Å². The molecule has 0 aromatic heterocycles. The number of hydrogen-bond donors (Lipinski definition) is 1. The van der Waals surface area contributed by atoms with E-state index in [1.54, 1.807) is 0 Å². The van der Waals surface area contributed by atoms with Crippen LogP contribution in [0.15, 0.2) is 0 Å². The number of rotatable bonds is 7. The zero-order valence-electron chi connectivity index (χ0n) is 10.5. The van der Waals surface area contributed by atoms with Crippen LogP contribution in [0.2, 0.25) is 0 Å². The highest BCUT2D eigenvalue weighted by atomic mass is 16.3. The highest BCUT2D eigenvalue weighted by molar-refractivity contribution is 5.60. The second kappa shape index (κ2) is 7.02. The monoisotopic (exact) mass is 227 g/mol. The number of aliphatic hydroxyl groups excluding tert-OH is 1. The van der Waals surface area contributed by atoms with Gasteiger partial charge < -0.3 is 14.8 Å². The standard InChI is InChI=1S/C13H25NO2/c1-2-8-14(9-10-15)11-13(12-16)6-4-3-5-7-13/h12,15H,2-11H2,1H3. The van der Waals surface area contributed by atoms with Crippen molar-refractivity contribution in [3.63, 3.8) is 0 Å². The smallest absolute Gasteiger partial charge is 0.127 e. The van der Waals surface area contributed by atoms with Crippen molar-refractivity contribution >= 4 is 6.29 Å². The summed E-state index contributed by atoms with van der Waals surface area (Å²) in [5, 5.41) is 9.02. The third kappa shape index (κ3) is 3.87. The number of hydrogen-bond acceptors (Lipinski definition) is 3. The molecule has 0 aliphatic heterocycles. The normalized spacial score (nSPS) is 19.9. The van der Waals surface area contributed by atoms with Crippen molar-refractivity contribution in [1.29, 1.82) is 0 Å². The summed E-state index contributed by atoms with van der Waals surface area (Å²) in [4.78, 5) is 13.6. The van der Waals surface area contributed by atoms with Crippen LogP contribution >= 0.6 is 0 Å². The molecule has 0 radical (unpaired) electrons. The van der Waals surface area contributed by atoms with Gasteiger partial charge in [0.15, 0.2) is 0 Å². The summed E-state index contributed by atoms with van der Waals surface area (Å²) < 4.78 is 0. The molecule has 1 aliphatic carbocycles. The first-order chi connectivity index (χ1) is 7.76. The summed E-state index contributed by atoms with van der Waals surface area (Å²) in [6.45, 7) is 4.85. The quantitative estimate of drug-likeness (QED) is 0.675. The van der Waals surface area contributed by atoms with E-state index in [9.17, 15) is 4.79 Å². The van der Waals surface area contributed by atoms with E-state index in [0.29, 0.717) is 6.54 Å². The zero-order valence-corrected chi connectivity index (χ0v) is 10.5. The van der Waals surface area contributed by atoms with Crippen LogP contribution in [0, 0.1) is 5.41 Å². The third-order valence-electron chi connectivity index (χ3n) is 3.59. The maximum atomic E-state index is 11.3. The Hall–Kier alpha value is -0.410. The Balaban J connectivity index is 2.53. The van der Waals surface area contributed by atoms with Crippen LogP contribution in [-0.2, 0) is 4.79 Å². The lowest BCUT2D eigenvalue weighted by molar-refractivity contribution is -0.119. The lowest BCUT2D eigenvalue weighted by Gasteiger charge is -2.36. The Kier molecular flexibility index (Phi) is 5.99. The number of nitrogens with zero attached hydrogens (tertiary/aromatic N) is 1. The minimum Gasteiger partial charge on any atom is -0.395 e. The minimum atomic E-state index is -0.122. The molecule has 16 heavy (non-hydrogen) atoms. The Bertz CT molecular complexity index is 194. The average molecular weight is 227 g/mol. The SMILES string of the molecule is CCCN(CCO)CC1(C=O)CCCCC1. The second-order valence-electron chi connectivity index (χ2n) is 5.04. The molecule has 0 spiro atoms. The van der Waals surface area contributed by atoms with Gasteiger partial charge in [-0.3, -0.25) is 0 Å². The van der Waals surface area contributed by atoms with Gasteiger partial charge in [-0.2, -0.15) is 0 Å². The van der Waals surface area contributed by atoms with Crippen LogP contribution in [-0.4, -0.2) is 42.5 Å². The molecule has 0 bridgehead atoms. The molecule has 1 aliphatic rings. The largest absolute Gasteiger partial charge is 0.395 e. The van der Waals surface area contributed by atoms with E-state index in [1.165, 1.54) is 25.5 Å². The number of aldehydes is 1. The Morgan fingerprint density at radius 1 is 1.25 bits per heavy atom. The van der Waals surface area contributed by atoms with Crippen LogP contribution in [0.5, 0.6) is 0 Å². The summed E-state index contributed by atoms with van der Waals surface area (Å²) in [7, 11) is 0. The molecule has 94 valence electrons. The van der Waals surface area contributed by atoms with Gasteiger partial charge in [-0.05, 0) is 25.8 Å². The predicted octanol–water partition coefficient (Wildman–Crippen LogP) is 1.84. The van der Waals surface area contributed by atoms with Crippen LogP contribution in [0.4, 0.5) is 0 Å². The van der Waals surface area contributed by atoms with Crippen molar-refractivity contribution in [3.8, 4) is 0 Å². The van der Waals surface area contributed by atoms with E-state index in [4.69, 9.17) is 5.11 Å². The Morgan fingerprint density at radius 2 is 1.94 bits per heavy atom. The van der Waals surface area contributed by atoms with Gasteiger partial charge in [0.25, 0.3) is 0 Å². The molecule has 0 aromatic carbocycles. The van der Waals surface area contributed by atoms with Crippen LogP contribution in [0.3, 0.4) is 0 Å². The van der Waals surface area contributed by atoms with E-state index in [2.05, 4.69) is 11.8 Å². The molecule has 0 aromatic rings. The summed E-state index contributed by atoms with van der Waals surface area (Å²) >= 11 is 0. The first-order valence-corrected chi connectivity index (χ1v) is 6.56. The van der Waals surface area contributed by atoms with Gasteiger partial charge in [-0.1, -0.05) is 26.2 Å². The van der Waals surface area contributed by atoms with E-state index < -0.39 is 0 Å². The van der Waals surface area contributed by atoms with Crippen molar-refractivity contribution in [1.82, 2.24) is 4.90 Å². The fraction of sp³-hybridized carbons (Fsp3) is 0.923. The van der Waals surface area contributed by atoms with E-state index >= 15 is 0 Å². The van der Waals surface area contributed by atoms with Crippen molar-refractivity contribution < 1.29 is 9.90 Å². The van der Waals surface area contributed by atoms with Crippen LogP contribution in [0.1, 0.15) is 45.4 Å². The zero-order chi connectivity index (χ0) is 11.9. The lowest BCUT2D eigenvalue weighted by Crippen LogP contribution is -2.41. The van der Waals surface area contributed by atoms with Crippen molar-refractivity contribution in [2.24, 2.45) is 5.41 Å². The molecule has 0 saturated heterocycles. The fourth-order valence-corrected chi connectivity index (χ4v) is 2.74. The average Bonchev–Trinajstić information content (AvgIpc) is 2.31. The molecule has 0 atom stereocenters. The molecule has 3 nitrogen and oxygen atoms in total. The highest BCUT2D eigenvalue weighted by Gasteiger charge is 2.33. The molecule has 0 unspecified atom stereocenters. The second-order valence-corrected chi connectivity index (χ2v) is 5.04. The van der Waals surface area contributed by atoms with E-state index in [1.807, 2.05) is 0 Å². The molecule has 3 heteroatoms. The van der Waals surface area contributed by atoms with Crippen molar-refractivity contribution in [2.75, 3.05) is 26.2 Å². The summed E-state index contributed by atoms with van der Waals surface area (Å²) in [6, 6.07) is 0. The number of carbonyl (C=O) groups excluding carboxylic acids is 1. The molecule has 1 fully saturated rings. The predicted molar refractivity (Wildman–Crippen MR) is 65.4 cm³/mol. The molecule has 1 saturated carbocycles. The maximum absolute atomic E-state index is 11.3. The number of carbonyl (C=O) groups is 1. The molecular formula is C13H25NO2. The number of aliphatic hydroxyl groups is 1. The summed E-state index contributed by atoms with van der Waals surface area (Å²) in [5.74, 6) is 0. The van der Waals surface area contributed by atoms with E-state index in [0.717, 1.165) is 32.4 Å². The Labute approximate surface area is 98.8 Å². The van der Waals surface area contributed by atoms with E-state index in [-0.39, 0.29) is 12.0 Å². The fourth-order valence-electron chi connectivity index (χ4n) is 2.74. The molecule has 0 amide bonds. The highest BCUT2D eigenvalue weighted by Crippen LogP contribution is 2.35. The summed E-state index contributed by atoms with van der Waals surface area (Å²) in [6.07, 6.45) is 7.93. The van der Waals surface area contributed by atoms with Gasteiger partial charge in [-0.15, -0.1) is 0 Å². The van der Waals surface area contributed by atoms with Crippen LogP contribution < -0.4 is 0 Å². The van der Waals surface area contributed by atoms with Gasteiger partial charge in [0.2, 0.25) is 0 Å². The van der Waals surface area contributed by atoms with Gasteiger partial charge in [0, 0.05) is 18.5 Å². The minimum absolute atomic E-state index is 0.122. The lowest BCUT2D eigenvalue weighted by atomic mass is 9.75. The molecule has 1 N–H and O–H groups in total. The molecule has 0 heterocycles. The van der Waals surface area contributed by atoms with Crippen molar-refractivity contribution in [3.05, 3.63) is 0 Å². The van der Waals surface area contributed by atoms with Crippen molar-refractivity contribution in [2.45, 2.75) is 45.4 Å². The first kappa shape index (κ1) is 13.7. The molecular weight excluding hydrogens is 202 g/mol. The topological polar surface area (TPSA) is 40.5 Å². The third-order valence-corrected chi connectivity index (χ3v) is 3.59. The van der Waals surface area contributed by atoms with Gasteiger partial charge in [0.05, 0.1) is 6.61 Å². The summed E-state index contributed by atoms with van der Waals surface area (Å²) in [5.41, 5.74) is -0.122. The van der Waals surface area contributed by atoms with Crippen LogP contribution in [0.25, 0.3) is 0 Å². The Morgan fingerprint density at radius 3 is 2.44 bits per heavy atom. The van der Waals surface area contributed by atoms with Gasteiger partial charge >= 0.3 is 0 Å². The maximum Gasteiger partial charge on any atom is 0.127 e. The molecule has 1 rings (SSSR count).